The molecule has 0 saturated heterocycles. The lowest BCUT2D eigenvalue weighted by atomic mass is 10.0. The molecular weight excluding hydrogens is 356 g/mol. The molecule has 0 aliphatic heterocycles. The predicted molar refractivity (Wildman–Crippen MR) is 113 cm³/mol. The summed E-state index contributed by atoms with van der Waals surface area (Å²) in [5.74, 6) is -1.06. The summed E-state index contributed by atoms with van der Waals surface area (Å²) in [6.07, 6.45) is 18.9. The highest BCUT2D eigenvalue weighted by atomic mass is 16.6. The molecule has 0 fully saturated rings. The number of ether oxygens (including phenoxy) is 3. The third-order valence-corrected chi connectivity index (χ3v) is 4.52. The van der Waals surface area contributed by atoms with Gasteiger partial charge in [-0.2, -0.15) is 0 Å². The van der Waals surface area contributed by atoms with Gasteiger partial charge in [-0.1, -0.05) is 84.0 Å². The maximum Gasteiger partial charge on any atom is 0.331 e. The molecule has 0 aliphatic rings. The fourth-order valence-electron chi connectivity index (χ4n) is 2.87. The first-order valence-electron chi connectivity index (χ1n) is 11.3. The van der Waals surface area contributed by atoms with Crippen LogP contribution in [-0.2, 0) is 23.8 Å². The van der Waals surface area contributed by atoms with E-state index in [4.69, 9.17) is 14.2 Å². The molecule has 5 heteroatoms. The molecule has 0 atom stereocenters. The van der Waals surface area contributed by atoms with Crippen LogP contribution in [0.2, 0.25) is 0 Å². The van der Waals surface area contributed by atoms with Gasteiger partial charge in [0.2, 0.25) is 0 Å². The molecule has 0 bridgehead atoms. The first-order valence-corrected chi connectivity index (χ1v) is 11.3. The van der Waals surface area contributed by atoms with Crippen LogP contribution in [0.4, 0.5) is 0 Å². The minimum atomic E-state index is -0.558. The second-order valence-electron chi connectivity index (χ2n) is 7.11. The standard InChI is InChI=1S/C23H42O5/c1-3-5-6-7-8-9-10-11-12-13-14-15-16-19-27-22(24)17-18-23(25)28-21-20-26-4-2/h17-18H,3-16,19-21H2,1-2H3/b18-17+. The van der Waals surface area contributed by atoms with Crippen molar-refractivity contribution in [2.75, 3.05) is 26.4 Å². The van der Waals surface area contributed by atoms with E-state index in [0.717, 1.165) is 25.0 Å². The Balaban J connectivity index is 3.33. The van der Waals surface area contributed by atoms with Gasteiger partial charge in [0.05, 0.1) is 13.2 Å². The van der Waals surface area contributed by atoms with Crippen molar-refractivity contribution in [1.29, 1.82) is 0 Å². The maximum absolute atomic E-state index is 11.5. The Hall–Kier alpha value is -1.36. The van der Waals surface area contributed by atoms with Gasteiger partial charge in [0.25, 0.3) is 0 Å². The lowest BCUT2D eigenvalue weighted by molar-refractivity contribution is -0.141. The molecule has 0 aromatic rings. The van der Waals surface area contributed by atoms with E-state index in [2.05, 4.69) is 6.92 Å². The largest absolute Gasteiger partial charge is 0.463 e. The summed E-state index contributed by atoms with van der Waals surface area (Å²) < 4.78 is 15.0. The van der Waals surface area contributed by atoms with Gasteiger partial charge in [-0.15, -0.1) is 0 Å². The van der Waals surface area contributed by atoms with E-state index in [1.54, 1.807) is 0 Å². The van der Waals surface area contributed by atoms with Crippen molar-refractivity contribution < 1.29 is 23.8 Å². The molecule has 0 spiro atoms. The van der Waals surface area contributed by atoms with Crippen molar-refractivity contribution in [1.82, 2.24) is 0 Å². The second kappa shape index (κ2) is 21.9. The smallest absolute Gasteiger partial charge is 0.331 e. The first kappa shape index (κ1) is 26.6. The molecule has 0 amide bonds. The van der Waals surface area contributed by atoms with Crippen LogP contribution in [0.3, 0.4) is 0 Å². The molecule has 0 saturated carbocycles. The average molecular weight is 399 g/mol. The van der Waals surface area contributed by atoms with E-state index in [9.17, 15) is 9.59 Å². The van der Waals surface area contributed by atoms with Crippen molar-refractivity contribution in [3.8, 4) is 0 Å². The Morgan fingerprint density at radius 1 is 0.571 bits per heavy atom. The third kappa shape index (κ3) is 20.9. The highest BCUT2D eigenvalue weighted by molar-refractivity contribution is 5.91. The minimum Gasteiger partial charge on any atom is -0.463 e. The number of hydrogen-bond acceptors (Lipinski definition) is 5. The Morgan fingerprint density at radius 2 is 1.00 bits per heavy atom. The number of unbranched alkanes of at least 4 members (excludes halogenated alkanes) is 12. The highest BCUT2D eigenvalue weighted by Crippen LogP contribution is 2.12. The van der Waals surface area contributed by atoms with Crippen molar-refractivity contribution in [3.05, 3.63) is 12.2 Å². The molecule has 0 heterocycles. The topological polar surface area (TPSA) is 61.8 Å². The molecule has 0 aromatic carbocycles. The highest BCUT2D eigenvalue weighted by Gasteiger charge is 2.01. The number of rotatable bonds is 20. The Labute approximate surface area is 172 Å². The predicted octanol–water partition coefficient (Wildman–Crippen LogP) is 5.76. The lowest BCUT2D eigenvalue weighted by Gasteiger charge is -2.04. The van der Waals surface area contributed by atoms with E-state index in [-0.39, 0.29) is 6.61 Å². The van der Waals surface area contributed by atoms with Crippen molar-refractivity contribution in [2.24, 2.45) is 0 Å². The Morgan fingerprint density at radius 3 is 1.46 bits per heavy atom. The van der Waals surface area contributed by atoms with E-state index < -0.39 is 11.9 Å². The third-order valence-electron chi connectivity index (χ3n) is 4.52. The number of esters is 2. The molecule has 0 radical (unpaired) electrons. The normalized spacial score (nSPS) is 11.1. The Bertz CT molecular complexity index is 392. The Kier molecular flexibility index (Phi) is 20.9. The lowest BCUT2D eigenvalue weighted by Crippen LogP contribution is -2.09. The van der Waals surface area contributed by atoms with Crippen LogP contribution in [0.15, 0.2) is 12.2 Å². The van der Waals surface area contributed by atoms with Gasteiger partial charge < -0.3 is 14.2 Å². The number of carbonyl (C=O) groups is 2. The van der Waals surface area contributed by atoms with Gasteiger partial charge in [0.15, 0.2) is 0 Å². The van der Waals surface area contributed by atoms with E-state index in [1.165, 1.54) is 70.6 Å². The molecule has 0 N–H and O–H groups in total. The zero-order valence-electron chi connectivity index (χ0n) is 18.2. The summed E-state index contributed by atoms with van der Waals surface area (Å²) in [6, 6.07) is 0. The van der Waals surface area contributed by atoms with Crippen molar-refractivity contribution in [2.45, 2.75) is 97.3 Å². The molecule has 0 unspecified atom stereocenters. The molecule has 0 aliphatic carbocycles. The van der Waals surface area contributed by atoms with Crippen LogP contribution in [0.5, 0.6) is 0 Å². The molecule has 164 valence electrons. The fraction of sp³-hybridized carbons (Fsp3) is 0.826. The van der Waals surface area contributed by atoms with Crippen LogP contribution in [0.25, 0.3) is 0 Å². The molecule has 0 aromatic heterocycles. The van der Waals surface area contributed by atoms with Crippen molar-refractivity contribution >= 4 is 11.9 Å². The first-order chi connectivity index (χ1) is 13.7. The van der Waals surface area contributed by atoms with Crippen LogP contribution < -0.4 is 0 Å². The van der Waals surface area contributed by atoms with Crippen LogP contribution >= 0.6 is 0 Å². The summed E-state index contributed by atoms with van der Waals surface area (Å²) in [4.78, 5) is 22.8. The summed E-state index contributed by atoms with van der Waals surface area (Å²) in [5.41, 5.74) is 0. The van der Waals surface area contributed by atoms with Crippen LogP contribution in [0, 0.1) is 0 Å². The molecule has 28 heavy (non-hydrogen) atoms. The summed E-state index contributed by atoms with van der Waals surface area (Å²) in [5, 5.41) is 0. The van der Waals surface area contributed by atoms with Gasteiger partial charge in [0.1, 0.15) is 6.61 Å². The van der Waals surface area contributed by atoms with E-state index in [0.29, 0.717) is 19.8 Å². The average Bonchev–Trinajstić information content (AvgIpc) is 2.70. The second-order valence-corrected chi connectivity index (χ2v) is 7.11. The van der Waals surface area contributed by atoms with Gasteiger partial charge in [-0.25, -0.2) is 9.59 Å². The summed E-state index contributed by atoms with van der Waals surface area (Å²) in [6.45, 7) is 5.66. The zero-order chi connectivity index (χ0) is 20.7. The number of carbonyl (C=O) groups excluding carboxylic acids is 2. The fourth-order valence-corrected chi connectivity index (χ4v) is 2.87. The van der Waals surface area contributed by atoms with Crippen molar-refractivity contribution in [3.63, 3.8) is 0 Å². The van der Waals surface area contributed by atoms with Gasteiger partial charge >= 0.3 is 11.9 Å². The van der Waals surface area contributed by atoms with Gasteiger partial charge in [0, 0.05) is 18.8 Å². The van der Waals surface area contributed by atoms with E-state index in [1.807, 2.05) is 6.92 Å². The van der Waals surface area contributed by atoms with Gasteiger partial charge in [-0.3, -0.25) is 0 Å². The SMILES string of the molecule is CCCCCCCCCCCCCCCOC(=O)/C=C/C(=O)OCCOCC. The van der Waals surface area contributed by atoms with Crippen LogP contribution in [0.1, 0.15) is 97.3 Å². The molecular formula is C23H42O5. The quantitative estimate of drug-likeness (QED) is 0.148. The zero-order valence-corrected chi connectivity index (χ0v) is 18.2. The monoisotopic (exact) mass is 398 g/mol. The molecule has 5 nitrogen and oxygen atoms in total. The summed E-state index contributed by atoms with van der Waals surface area (Å²) >= 11 is 0. The number of hydrogen-bond donors (Lipinski definition) is 0. The minimum absolute atomic E-state index is 0.186. The van der Waals surface area contributed by atoms with Crippen LogP contribution in [-0.4, -0.2) is 38.4 Å². The maximum atomic E-state index is 11.5. The van der Waals surface area contributed by atoms with Gasteiger partial charge in [-0.05, 0) is 13.3 Å². The van der Waals surface area contributed by atoms with E-state index >= 15 is 0 Å². The summed E-state index contributed by atoms with van der Waals surface area (Å²) in [7, 11) is 0. The molecule has 0 rings (SSSR count).